The second kappa shape index (κ2) is 9.80. The van der Waals surface area contributed by atoms with E-state index in [4.69, 9.17) is 4.98 Å². The molecule has 37 heavy (non-hydrogen) atoms. The van der Waals surface area contributed by atoms with E-state index < -0.39 is 0 Å². The van der Waals surface area contributed by atoms with Crippen molar-refractivity contribution in [2.75, 3.05) is 51.2 Å². The maximum atomic E-state index is 12.9. The van der Waals surface area contributed by atoms with Crippen LogP contribution in [-0.4, -0.2) is 72.9 Å². The van der Waals surface area contributed by atoms with Crippen molar-refractivity contribution in [3.63, 3.8) is 0 Å². The number of carbonyl (C=O) groups excluding carboxylic acids is 2. The third-order valence-corrected chi connectivity index (χ3v) is 7.30. The standard InChI is InChI=1S/C29H30N6O2/c1-33-25-18-21-7-4-10-31-27(21)35(24-9-3-8-23(26(24)25)29(33)37)19-20-5-2-6-22(17-20)28(36)32-13-16-34-14-11-30-12-15-34/h2-10,17-18,30H,11-16,19H2,1H3,(H,32,36). The minimum absolute atomic E-state index is 0.00475. The number of rotatable bonds is 6. The zero-order chi connectivity index (χ0) is 25.4. The van der Waals surface area contributed by atoms with Crippen molar-refractivity contribution in [3.05, 3.63) is 88.6 Å². The summed E-state index contributed by atoms with van der Waals surface area (Å²) in [5, 5.41) is 6.42. The Morgan fingerprint density at radius 3 is 2.78 bits per heavy atom. The van der Waals surface area contributed by atoms with E-state index in [-0.39, 0.29) is 11.8 Å². The molecule has 0 spiro atoms. The number of nitrogens with zero attached hydrogens (tertiary/aromatic N) is 4. The summed E-state index contributed by atoms with van der Waals surface area (Å²) in [5.41, 5.74) is 6.01. The molecule has 0 radical (unpaired) electrons. The highest BCUT2D eigenvalue weighted by Crippen LogP contribution is 2.45. The predicted molar refractivity (Wildman–Crippen MR) is 145 cm³/mol. The third-order valence-electron chi connectivity index (χ3n) is 7.30. The van der Waals surface area contributed by atoms with Crippen LogP contribution in [-0.2, 0) is 6.54 Å². The van der Waals surface area contributed by atoms with E-state index in [0.717, 1.165) is 66.6 Å². The number of amides is 2. The lowest BCUT2D eigenvalue weighted by molar-refractivity contribution is 0.0874. The van der Waals surface area contributed by atoms with Crippen LogP contribution in [0.3, 0.4) is 0 Å². The van der Waals surface area contributed by atoms with Crippen LogP contribution in [0.25, 0.3) is 11.8 Å². The normalized spacial score (nSPS) is 16.7. The molecular formula is C29H30N6O2. The summed E-state index contributed by atoms with van der Waals surface area (Å²) < 4.78 is 0. The lowest BCUT2D eigenvalue weighted by atomic mass is 10.0. The number of pyridine rings is 1. The molecule has 4 heterocycles. The van der Waals surface area contributed by atoms with E-state index >= 15 is 0 Å². The number of hydrogen-bond donors (Lipinski definition) is 2. The van der Waals surface area contributed by atoms with E-state index in [1.807, 2.05) is 67.7 Å². The van der Waals surface area contributed by atoms with Gasteiger partial charge in [0.25, 0.3) is 11.8 Å². The fourth-order valence-corrected chi connectivity index (χ4v) is 5.37. The first-order valence-corrected chi connectivity index (χ1v) is 12.8. The van der Waals surface area contributed by atoms with E-state index in [2.05, 4.69) is 20.4 Å². The molecule has 2 N–H and O–H groups in total. The smallest absolute Gasteiger partial charge is 0.258 e. The van der Waals surface area contributed by atoms with Crippen LogP contribution in [0.4, 0.5) is 11.5 Å². The minimum Gasteiger partial charge on any atom is -0.351 e. The molecule has 0 aliphatic carbocycles. The molecule has 0 bridgehead atoms. The van der Waals surface area contributed by atoms with E-state index in [9.17, 15) is 9.59 Å². The van der Waals surface area contributed by atoms with Crippen LogP contribution in [0.15, 0.2) is 60.8 Å². The number of fused-ring (bicyclic) bond motifs is 1. The molecule has 3 aliphatic rings. The number of carbonyl (C=O) groups is 2. The molecule has 2 aromatic carbocycles. The van der Waals surface area contributed by atoms with Gasteiger partial charge in [0.15, 0.2) is 0 Å². The van der Waals surface area contributed by atoms with E-state index in [1.54, 1.807) is 11.1 Å². The summed E-state index contributed by atoms with van der Waals surface area (Å²) in [7, 11) is 1.81. The van der Waals surface area contributed by atoms with Gasteiger partial charge in [-0.3, -0.25) is 14.5 Å². The van der Waals surface area contributed by atoms with E-state index in [0.29, 0.717) is 24.2 Å². The van der Waals surface area contributed by atoms with Gasteiger partial charge in [-0.05, 0) is 48.0 Å². The number of aromatic nitrogens is 1. The molecular weight excluding hydrogens is 464 g/mol. The molecule has 0 atom stereocenters. The molecule has 1 saturated heterocycles. The van der Waals surface area contributed by atoms with Gasteiger partial charge in [0.2, 0.25) is 0 Å². The Morgan fingerprint density at radius 2 is 1.92 bits per heavy atom. The van der Waals surface area contributed by atoms with Gasteiger partial charge in [-0.2, -0.15) is 0 Å². The molecule has 8 heteroatoms. The maximum absolute atomic E-state index is 12.9. The van der Waals surface area contributed by atoms with Gasteiger partial charge in [0, 0.05) is 75.7 Å². The summed E-state index contributed by atoms with van der Waals surface area (Å²) in [6.07, 6.45) is 3.83. The Bertz CT molecular complexity index is 1390. The highest BCUT2D eigenvalue weighted by molar-refractivity contribution is 6.15. The predicted octanol–water partition coefficient (Wildman–Crippen LogP) is 2.95. The molecule has 2 amide bonds. The Labute approximate surface area is 216 Å². The van der Waals surface area contributed by atoms with Gasteiger partial charge in [0.1, 0.15) is 5.82 Å². The van der Waals surface area contributed by atoms with Gasteiger partial charge in [-0.15, -0.1) is 0 Å². The van der Waals surface area contributed by atoms with Gasteiger partial charge in [0.05, 0.1) is 16.9 Å². The van der Waals surface area contributed by atoms with E-state index in [1.165, 1.54) is 0 Å². The quantitative estimate of drug-likeness (QED) is 0.549. The number of anilines is 2. The van der Waals surface area contributed by atoms with Crippen molar-refractivity contribution in [1.82, 2.24) is 25.4 Å². The van der Waals surface area contributed by atoms with Crippen molar-refractivity contribution in [2.24, 2.45) is 0 Å². The molecule has 0 unspecified atom stereocenters. The van der Waals surface area contributed by atoms with Crippen LogP contribution in [0.2, 0.25) is 0 Å². The number of hydrogen-bond acceptors (Lipinski definition) is 6. The molecule has 1 fully saturated rings. The van der Waals surface area contributed by atoms with Gasteiger partial charge < -0.3 is 20.4 Å². The largest absolute Gasteiger partial charge is 0.351 e. The second-order valence-electron chi connectivity index (χ2n) is 9.64. The number of nitrogens with one attached hydrogen (secondary N) is 2. The average molecular weight is 495 g/mol. The summed E-state index contributed by atoms with van der Waals surface area (Å²) in [4.78, 5) is 36.8. The minimum atomic E-state index is -0.0665. The van der Waals surface area contributed by atoms with Crippen molar-refractivity contribution >= 4 is 35.1 Å². The first-order chi connectivity index (χ1) is 18.1. The lowest BCUT2D eigenvalue weighted by Crippen LogP contribution is -2.46. The maximum Gasteiger partial charge on any atom is 0.258 e. The van der Waals surface area contributed by atoms with Gasteiger partial charge in [-0.1, -0.05) is 18.2 Å². The Balaban J connectivity index is 1.27. The lowest BCUT2D eigenvalue weighted by Gasteiger charge is -2.27. The molecule has 188 valence electrons. The molecule has 0 saturated carbocycles. The first-order valence-electron chi connectivity index (χ1n) is 12.8. The third kappa shape index (κ3) is 4.39. The highest BCUT2D eigenvalue weighted by Gasteiger charge is 2.35. The highest BCUT2D eigenvalue weighted by atomic mass is 16.2. The molecule has 3 aromatic rings. The average Bonchev–Trinajstić information content (AvgIpc) is 3.09. The fourth-order valence-electron chi connectivity index (χ4n) is 5.37. The Hall–Kier alpha value is -4.01. The van der Waals surface area contributed by atoms with Crippen molar-refractivity contribution in [2.45, 2.75) is 6.54 Å². The van der Waals surface area contributed by atoms with Crippen molar-refractivity contribution in [1.29, 1.82) is 0 Å². The molecule has 1 aromatic heterocycles. The van der Waals surface area contributed by atoms with Gasteiger partial charge in [-0.25, -0.2) is 4.98 Å². The van der Waals surface area contributed by atoms with Crippen LogP contribution in [0.5, 0.6) is 0 Å². The number of piperazine rings is 1. The fraction of sp³-hybridized carbons (Fsp3) is 0.276. The van der Waals surface area contributed by atoms with Crippen molar-refractivity contribution in [3.8, 4) is 0 Å². The topological polar surface area (TPSA) is 80.8 Å². The van der Waals surface area contributed by atoms with Crippen LogP contribution >= 0.6 is 0 Å². The van der Waals surface area contributed by atoms with Crippen LogP contribution in [0, 0.1) is 0 Å². The molecule has 3 aliphatic heterocycles. The Kier molecular flexibility index (Phi) is 6.20. The molecule has 6 rings (SSSR count). The Morgan fingerprint density at radius 1 is 1.08 bits per heavy atom. The van der Waals surface area contributed by atoms with Crippen LogP contribution in [0.1, 0.15) is 37.4 Å². The molecule has 8 nitrogen and oxygen atoms in total. The summed E-state index contributed by atoms with van der Waals surface area (Å²) in [6.45, 7) is 6.01. The summed E-state index contributed by atoms with van der Waals surface area (Å²) in [6, 6.07) is 17.5. The first kappa shape index (κ1) is 23.4. The summed E-state index contributed by atoms with van der Waals surface area (Å²) >= 11 is 0. The zero-order valence-corrected chi connectivity index (χ0v) is 20.9. The zero-order valence-electron chi connectivity index (χ0n) is 20.9. The van der Waals surface area contributed by atoms with Gasteiger partial charge >= 0.3 is 0 Å². The number of benzene rings is 2. The monoisotopic (exact) mass is 494 g/mol. The summed E-state index contributed by atoms with van der Waals surface area (Å²) in [5.74, 6) is 0.752. The van der Waals surface area contributed by atoms with Crippen molar-refractivity contribution < 1.29 is 9.59 Å². The SMILES string of the molecule is CN1C(=O)c2cccc3c2C1=Cc1cccnc1N3Cc1cccc(C(=O)NCCN2CCNCC2)c1. The van der Waals surface area contributed by atoms with Crippen LogP contribution < -0.4 is 15.5 Å². The second-order valence-corrected chi connectivity index (χ2v) is 9.64.